The smallest absolute Gasteiger partial charge is 0.190 e. The van der Waals surface area contributed by atoms with Gasteiger partial charge >= 0.3 is 0 Å². The monoisotopic (exact) mass is 291 g/mol. The molecule has 0 fully saturated rings. The number of Topliss-reactive ketones (excluding diaryl/α,β-unsaturated/α-hetero) is 1. The number of benzene rings is 1. The van der Waals surface area contributed by atoms with Crippen LogP contribution in [0.1, 0.15) is 22.5 Å². The summed E-state index contributed by atoms with van der Waals surface area (Å²) < 4.78 is 0. The first-order chi connectivity index (χ1) is 10.8. The Morgan fingerprint density at radius 2 is 2.14 bits per heavy atom. The number of amidine groups is 2. The standard InChI is InChI=1S/C16H13N5O/c22-14(13-10-17-5-6-18-13)9-15-20-12-4-2-1-3-11(12)16-19-7-8-21(15)16/h1-6,10H,7-9H2. The molecule has 2 aliphatic heterocycles. The third-order valence-electron chi connectivity index (χ3n) is 3.71. The molecule has 22 heavy (non-hydrogen) atoms. The number of carbonyl (C=O) groups excluding carboxylic acids is 1. The highest BCUT2D eigenvalue weighted by Crippen LogP contribution is 2.29. The van der Waals surface area contributed by atoms with Crippen LogP contribution in [0, 0.1) is 0 Å². The van der Waals surface area contributed by atoms with E-state index in [2.05, 4.69) is 20.0 Å². The van der Waals surface area contributed by atoms with Gasteiger partial charge in [-0.05, 0) is 12.1 Å². The molecule has 108 valence electrons. The summed E-state index contributed by atoms with van der Waals surface area (Å²) in [4.78, 5) is 31.6. The number of fused-ring (bicyclic) bond motifs is 3. The predicted molar refractivity (Wildman–Crippen MR) is 82.6 cm³/mol. The van der Waals surface area contributed by atoms with Gasteiger partial charge in [-0.1, -0.05) is 12.1 Å². The Labute approximate surface area is 127 Å². The molecule has 6 nitrogen and oxygen atoms in total. The van der Waals surface area contributed by atoms with E-state index >= 15 is 0 Å². The summed E-state index contributed by atoms with van der Waals surface area (Å²) in [5.74, 6) is 1.55. The van der Waals surface area contributed by atoms with Crippen LogP contribution in [0.25, 0.3) is 0 Å². The highest BCUT2D eigenvalue weighted by atomic mass is 16.1. The van der Waals surface area contributed by atoms with Crippen molar-refractivity contribution in [2.24, 2.45) is 9.98 Å². The van der Waals surface area contributed by atoms with Crippen molar-refractivity contribution in [1.29, 1.82) is 0 Å². The number of aliphatic imine (C=N–C) groups is 2. The maximum Gasteiger partial charge on any atom is 0.190 e. The first kappa shape index (κ1) is 12.8. The minimum Gasteiger partial charge on any atom is -0.312 e. The number of aromatic nitrogens is 2. The summed E-state index contributed by atoms with van der Waals surface area (Å²) in [5.41, 5.74) is 2.25. The van der Waals surface area contributed by atoms with Crippen LogP contribution in [0.4, 0.5) is 5.69 Å². The molecule has 6 heteroatoms. The Bertz CT molecular complexity index is 797. The molecule has 0 saturated heterocycles. The van der Waals surface area contributed by atoms with Gasteiger partial charge in [-0.2, -0.15) is 0 Å². The fraction of sp³-hybridized carbons (Fsp3) is 0.188. The molecule has 1 aromatic carbocycles. The van der Waals surface area contributed by atoms with E-state index < -0.39 is 0 Å². The number of carbonyl (C=O) groups is 1. The van der Waals surface area contributed by atoms with E-state index in [1.165, 1.54) is 12.4 Å². The lowest BCUT2D eigenvalue weighted by Crippen LogP contribution is -2.38. The zero-order chi connectivity index (χ0) is 14.9. The molecule has 0 amide bonds. The Morgan fingerprint density at radius 1 is 1.23 bits per heavy atom. The van der Waals surface area contributed by atoms with Crippen molar-refractivity contribution in [2.75, 3.05) is 13.1 Å². The molecule has 0 bridgehead atoms. The number of ketones is 1. The maximum absolute atomic E-state index is 12.4. The highest BCUT2D eigenvalue weighted by Gasteiger charge is 2.30. The van der Waals surface area contributed by atoms with Gasteiger partial charge in [0.05, 0.1) is 24.8 Å². The molecule has 0 saturated carbocycles. The largest absolute Gasteiger partial charge is 0.312 e. The van der Waals surface area contributed by atoms with Gasteiger partial charge in [0.25, 0.3) is 0 Å². The lowest BCUT2D eigenvalue weighted by molar-refractivity contribution is 0.0993. The summed E-state index contributed by atoms with van der Waals surface area (Å²) in [5, 5.41) is 0. The van der Waals surface area contributed by atoms with Gasteiger partial charge < -0.3 is 4.90 Å². The van der Waals surface area contributed by atoms with E-state index in [9.17, 15) is 4.79 Å². The van der Waals surface area contributed by atoms with Crippen molar-refractivity contribution in [3.63, 3.8) is 0 Å². The van der Waals surface area contributed by atoms with Crippen LogP contribution >= 0.6 is 0 Å². The van der Waals surface area contributed by atoms with Gasteiger partial charge in [-0.15, -0.1) is 0 Å². The van der Waals surface area contributed by atoms with E-state index in [1.54, 1.807) is 6.20 Å². The van der Waals surface area contributed by atoms with Gasteiger partial charge in [-0.3, -0.25) is 14.8 Å². The zero-order valence-electron chi connectivity index (χ0n) is 11.8. The van der Waals surface area contributed by atoms with Crippen LogP contribution in [0.3, 0.4) is 0 Å². The molecule has 3 heterocycles. The lowest BCUT2D eigenvalue weighted by atomic mass is 10.1. The van der Waals surface area contributed by atoms with Crippen LogP contribution in [0.5, 0.6) is 0 Å². The summed E-state index contributed by atoms with van der Waals surface area (Å²) in [6.07, 6.45) is 4.76. The summed E-state index contributed by atoms with van der Waals surface area (Å²) in [7, 11) is 0. The second-order valence-corrected chi connectivity index (χ2v) is 5.09. The quantitative estimate of drug-likeness (QED) is 0.809. The Hall–Kier alpha value is -2.89. The number of hydrogen-bond donors (Lipinski definition) is 0. The van der Waals surface area contributed by atoms with Crippen LogP contribution in [0.2, 0.25) is 0 Å². The number of rotatable bonds is 3. The SMILES string of the molecule is O=C(CC1=Nc2ccccc2C2=NCCN12)c1cnccn1. The Morgan fingerprint density at radius 3 is 3.00 bits per heavy atom. The van der Waals surface area contributed by atoms with Gasteiger partial charge in [0.1, 0.15) is 17.4 Å². The second kappa shape index (κ2) is 5.14. The van der Waals surface area contributed by atoms with Crippen molar-refractivity contribution in [3.05, 3.63) is 54.1 Å². The molecular formula is C16H13N5O. The lowest BCUT2D eigenvalue weighted by Gasteiger charge is -2.27. The molecule has 0 N–H and O–H groups in total. The molecule has 2 aromatic rings. The van der Waals surface area contributed by atoms with E-state index in [0.717, 1.165) is 36.0 Å². The molecule has 0 radical (unpaired) electrons. The Balaban J connectivity index is 1.69. The van der Waals surface area contributed by atoms with Crippen molar-refractivity contribution >= 4 is 23.1 Å². The minimum atomic E-state index is -0.0857. The van der Waals surface area contributed by atoms with Crippen LogP contribution < -0.4 is 0 Å². The van der Waals surface area contributed by atoms with Crippen molar-refractivity contribution in [2.45, 2.75) is 6.42 Å². The van der Waals surface area contributed by atoms with Gasteiger partial charge in [0.15, 0.2) is 5.78 Å². The number of para-hydroxylation sites is 1. The van der Waals surface area contributed by atoms with Gasteiger partial charge in [0, 0.05) is 24.5 Å². The van der Waals surface area contributed by atoms with Crippen LogP contribution in [0.15, 0.2) is 52.8 Å². The number of hydrogen-bond acceptors (Lipinski definition) is 6. The predicted octanol–water partition coefficient (Wildman–Crippen LogP) is 1.86. The third kappa shape index (κ3) is 2.09. The molecular weight excluding hydrogens is 278 g/mol. The topological polar surface area (TPSA) is 70.8 Å². The van der Waals surface area contributed by atoms with E-state index in [4.69, 9.17) is 0 Å². The van der Waals surface area contributed by atoms with Gasteiger partial charge in [-0.25, -0.2) is 9.98 Å². The minimum absolute atomic E-state index is 0.0857. The summed E-state index contributed by atoms with van der Waals surface area (Å²) in [6.45, 7) is 1.48. The first-order valence-electron chi connectivity index (χ1n) is 7.11. The molecule has 0 unspecified atom stereocenters. The third-order valence-corrected chi connectivity index (χ3v) is 3.71. The Kier molecular flexibility index (Phi) is 3.00. The second-order valence-electron chi connectivity index (χ2n) is 5.09. The first-order valence-corrected chi connectivity index (χ1v) is 7.11. The van der Waals surface area contributed by atoms with Crippen LogP contribution in [-0.4, -0.2) is 45.4 Å². The van der Waals surface area contributed by atoms with Crippen molar-refractivity contribution in [1.82, 2.24) is 14.9 Å². The van der Waals surface area contributed by atoms with Crippen molar-refractivity contribution < 1.29 is 4.79 Å². The summed E-state index contributed by atoms with van der Waals surface area (Å²) in [6, 6.07) is 7.87. The average molecular weight is 291 g/mol. The van der Waals surface area contributed by atoms with E-state index in [1.807, 2.05) is 29.2 Å². The maximum atomic E-state index is 12.4. The molecule has 4 rings (SSSR count). The average Bonchev–Trinajstić information content (AvgIpc) is 3.06. The fourth-order valence-corrected chi connectivity index (χ4v) is 2.70. The summed E-state index contributed by atoms with van der Waals surface area (Å²) >= 11 is 0. The molecule has 0 spiro atoms. The highest BCUT2D eigenvalue weighted by molar-refractivity contribution is 6.20. The molecule has 2 aliphatic rings. The molecule has 0 aliphatic carbocycles. The molecule has 1 aromatic heterocycles. The fourth-order valence-electron chi connectivity index (χ4n) is 2.70. The number of nitrogens with zero attached hydrogens (tertiary/aromatic N) is 5. The van der Waals surface area contributed by atoms with Crippen molar-refractivity contribution in [3.8, 4) is 0 Å². The van der Waals surface area contributed by atoms with E-state index in [0.29, 0.717) is 5.69 Å². The van der Waals surface area contributed by atoms with Crippen LogP contribution in [-0.2, 0) is 0 Å². The normalized spacial score (nSPS) is 15.7. The van der Waals surface area contributed by atoms with E-state index in [-0.39, 0.29) is 12.2 Å². The molecule has 0 atom stereocenters. The zero-order valence-corrected chi connectivity index (χ0v) is 11.8. The van der Waals surface area contributed by atoms with Gasteiger partial charge in [0.2, 0.25) is 0 Å².